The van der Waals surface area contributed by atoms with Crippen molar-refractivity contribution in [2.45, 2.75) is 6.42 Å². The lowest BCUT2D eigenvalue weighted by Gasteiger charge is -2.22. The number of halogens is 1. The number of nitrogens with one attached hydrogen (secondary N) is 4. The van der Waals surface area contributed by atoms with E-state index < -0.39 is 11.4 Å². The molecule has 154 valence electrons. The van der Waals surface area contributed by atoms with Crippen LogP contribution >= 0.6 is 0 Å². The van der Waals surface area contributed by atoms with E-state index in [0.29, 0.717) is 5.39 Å². The van der Waals surface area contributed by atoms with Crippen molar-refractivity contribution in [1.82, 2.24) is 15.3 Å². The monoisotopic (exact) mass is 407 g/mol. The fourth-order valence-electron chi connectivity index (χ4n) is 3.45. The minimum absolute atomic E-state index is 0.130. The molecule has 0 bridgehead atoms. The second-order valence-electron chi connectivity index (χ2n) is 7.03. The summed E-state index contributed by atoms with van der Waals surface area (Å²) in [5.41, 5.74) is 9.54. The molecule has 3 aromatic rings. The fourth-order valence-corrected chi connectivity index (χ4v) is 3.45. The zero-order valence-electron chi connectivity index (χ0n) is 16.3. The summed E-state index contributed by atoms with van der Waals surface area (Å²) < 4.78 is 13.5. The number of aromatic nitrogens is 2. The molecule has 0 spiro atoms. The predicted molar refractivity (Wildman–Crippen MR) is 115 cm³/mol. The zero-order chi connectivity index (χ0) is 20.9. The molecule has 8 nitrogen and oxygen atoms in total. The molecule has 0 amide bonds. The van der Waals surface area contributed by atoms with Gasteiger partial charge in [0.1, 0.15) is 17.2 Å². The van der Waals surface area contributed by atoms with Crippen molar-refractivity contribution in [3.05, 3.63) is 70.5 Å². The van der Waals surface area contributed by atoms with Crippen LogP contribution in [0.2, 0.25) is 0 Å². The second-order valence-corrected chi connectivity index (χ2v) is 7.03. The van der Waals surface area contributed by atoms with Gasteiger partial charge in [0.05, 0.1) is 11.8 Å². The van der Waals surface area contributed by atoms with Crippen molar-refractivity contribution in [2.24, 2.45) is 5.11 Å². The van der Waals surface area contributed by atoms with Gasteiger partial charge in [-0.3, -0.25) is 4.79 Å². The maximum absolute atomic E-state index is 13.5. The molecule has 1 aromatic carbocycles. The number of pyridine rings is 2. The van der Waals surface area contributed by atoms with Gasteiger partial charge in [-0.05, 0) is 49.4 Å². The second kappa shape index (κ2) is 8.83. The van der Waals surface area contributed by atoms with Crippen molar-refractivity contribution in [3.8, 4) is 0 Å². The lowest BCUT2D eigenvalue weighted by atomic mass is 10.1. The van der Waals surface area contributed by atoms with Gasteiger partial charge in [0.25, 0.3) is 5.56 Å². The van der Waals surface area contributed by atoms with Gasteiger partial charge in [0.15, 0.2) is 0 Å². The Labute approximate surface area is 172 Å². The van der Waals surface area contributed by atoms with Gasteiger partial charge in [-0.1, -0.05) is 0 Å². The Hall–Kier alpha value is -3.59. The fraction of sp³-hybridized carbons (Fsp3) is 0.238. The minimum atomic E-state index is -0.507. The molecule has 30 heavy (non-hydrogen) atoms. The van der Waals surface area contributed by atoms with E-state index in [4.69, 9.17) is 5.53 Å². The topological polar surface area (TPSA) is 109 Å². The molecule has 0 saturated carbocycles. The number of anilines is 2. The number of H-pyrrole nitrogens is 1. The Bertz CT molecular complexity index is 1130. The van der Waals surface area contributed by atoms with Crippen LogP contribution in [0.1, 0.15) is 12.0 Å². The first-order valence-corrected chi connectivity index (χ1v) is 9.73. The molecule has 0 unspecified atom stereocenters. The molecular weight excluding hydrogens is 385 g/mol. The van der Waals surface area contributed by atoms with E-state index in [9.17, 15) is 9.18 Å². The van der Waals surface area contributed by atoms with Crippen molar-refractivity contribution < 1.29 is 4.39 Å². The summed E-state index contributed by atoms with van der Waals surface area (Å²) in [6, 6.07) is 10.7. The van der Waals surface area contributed by atoms with E-state index in [1.54, 1.807) is 0 Å². The highest BCUT2D eigenvalue weighted by molar-refractivity contribution is 5.79. The first kappa shape index (κ1) is 19.7. The molecule has 0 radical (unpaired) electrons. The summed E-state index contributed by atoms with van der Waals surface area (Å²) in [5, 5.41) is 10.4. The quantitative estimate of drug-likeness (QED) is 0.485. The summed E-state index contributed by atoms with van der Waals surface area (Å²) >= 11 is 0. The van der Waals surface area contributed by atoms with Gasteiger partial charge in [0.2, 0.25) is 0 Å². The van der Waals surface area contributed by atoms with E-state index in [1.165, 1.54) is 18.3 Å². The zero-order valence-corrected chi connectivity index (χ0v) is 16.3. The number of hydrogen-bond donors (Lipinski definition) is 4. The first-order valence-electron chi connectivity index (χ1n) is 9.73. The number of fused-ring (bicyclic) bond motifs is 1. The third-order valence-corrected chi connectivity index (χ3v) is 5.00. The lowest BCUT2D eigenvalue weighted by Crippen LogP contribution is -2.27. The van der Waals surface area contributed by atoms with Crippen molar-refractivity contribution in [1.29, 1.82) is 5.53 Å². The number of benzene rings is 1. The number of rotatable bonds is 5. The SMILES string of the molecule is N=N/C(=C\Nc1ccc(N2CCCNCC2)cc1)c1cc2cc(F)cnc2[nH]c1=O. The first-order chi connectivity index (χ1) is 14.6. The van der Waals surface area contributed by atoms with Crippen molar-refractivity contribution in [3.63, 3.8) is 0 Å². The molecule has 0 atom stereocenters. The van der Waals surface area contributed by atoms with Gasteiger partial charge in [-0.15, -0.1) is 0 Å². The molecule has 1 aliphatic heterocycles. The summed E-state index contributed by atoms with van der Waals surface area (Å²) in [6.45, 7) is 3.99. The highest BCUT2D eigenvalue weighted by Crippen LogP contribution is 2.21. The van der Waals surface area contributed by atoms with Gasteiger partial charge >= 0.3 is 0 Å². The molecular formula is C21H22FN7O. The lowest BCUT2D eigenvalue weighted by molar-refractivity contribution is 0.624. The molecule has 1 aliphatic rings. The summed E-state index contributed by atoms with van der Waals surface area (Å²) in [6.07, 6.45) is 3.63. The van der Waals surface area contributed by atoms with E-state index in [2.05, 4.69) is 30.6 Å². The van der Waals surface area contributed by atoms with Crippen molar-refractivity contribution >= 4 is 28.1 Å². The van der Waals surface area contributed by atoms with Gasteiger partial charge < -0.3 is 20.5 Å². The van der Waals surface area contributed by atoms with E-state index in [-0.39, 0.29) is 16.9 Å². The molecule has 2 aromatic heterocycles. The van der Waals surface area contributed by atoms with Crippen LogP contribution in [0.5, 0.6) is 0 Å². The van der Waals surface area contributed by atoms with Crippen LogP contribution < -0.4 is 21.1 Å². The smallest absolute Gasteiger partial charge is 0.259 e. The Morgan fingerprint density at radius 2 is 2.07 bits per heavy atom. The third-order valence-electron chi connectivity index (χ3n) is 5.00. The molecule has 0 aliphatic carbocycles. The van der Waals surface area contributed by atoms with Crippen LogP contribution in [0.25, 0.3) is 16.7 Å². The van der Waals surface area contributed by atoms with E-state index >= 15 is 0 Å². The van der Waals surface area contributed by atoms with Gasteiger partial charge in [0, 0.05) is 42.6 Å². The van der Waals surface area contributed by atoms with Gasteiger partial charge in [-0.25, -0.2) is 14.9 Å². The summed E-state index contributed by atoms with van der Waals surface area (Å²) in [5.74, 6) is -0.507. The van der Waals surface area contributed by atoms with Crippen molar-refractivity contribution in [2.75, 3.05) is 36.4 Å². The van der Waals surface area contributed by atoms with Crippen LogP contribution in [0.15, 0.2) is 58.7 Å². The summed E-state index contributed by atoms with van der Waals surface area (Å²) in [4.78, 5) is 21.2. The van der Waals surface area contributed by atoms with E-state index in [1.807, 2.05) is 24.3 Å². The number of nitrogens with zero attached hydrogens (tertiary/aromatic N) is 3. The Morgan fingerprint density at radius 1 is 1.23 bits per heavy atom. The van der Waals surface area contributed by atoms with Crippen LogP contribution in [-0.2, 0) is 0 Å². The molecule has 1 fully saturated rings. The normalized spacial score (nSPS) is 15.1. The van der Waals surface area contributed by atoms with Crippen LogP contribution in [0.3, 0.4) is 0 Å². The average molecular weight is 407 g/mol. The average Bonchev–Trinajstić information content (AvgIpc) is 3.05. The highest BCUT2D eigenvalue weighted by Gasteiger charge is 2.11. The van der Waals surface area contributed by atoms with Crippen LogP contribution in [0, 0.1) is 11.3 Å². The molecule has 4 N–H and O–H groups in total. The highest BCUT2D eigenvalue weighted by atomic mass is 19.1. The molecule has 4 rings (SSSR count). The number of aromatic amines is 1. The maximum Gasteiger partial charge on any atom is 0.259 e. The third kappa shape index (κ3) is 4.36. The minimum Gasteiger partial charge on any atom is -0.370 e. The molecule has 9 heteroatoms. The number of hydrogen-bond acceptors (Lipinski definition) is 7. The largest absolute Gasteiger partial charge is 0.370 e. The Morgan fingerprint density at radius 3 is 2.87 bits per heavy atom. The van der Waals surface area contributed by atoms with Crippen LogP contribution in [0.4, 0.5) is 15.8 Å². The standard InChI is InChI=1S/C21H22FN7O/c22-15-10-14-11-18(21(30)27-20(14)26-12-15)19(28-23)13-25-16-2-4-17(5-3-16)29-8-1-6-24-7-9-29/h2-5,10-13,23-25H,1,6-9H2,(H,26,27,30)/b19-13-,28-23?. The maximum atomic E-state index is 13.5. The molecule has 3 heterocycles. The Balaban J connectivity index is 1.55. The van der Waals surface area contributed by atoms with E-state index in [0.717, 1.165) is 50.2 Å². The van der Waals surface area contributed by atoms with Gasteiger partial charge in [-0.2, -0.15) is 5.11 Å². The predicted octanol–water partition coefficient (Wildman–Crippen LogP) is 3.30. The Kier molecular flexibility index (Phi) is 5.80. The van der Waals surface area contributed by atoms with Crippen LogP contribution in [-0.4, -0.2) is 36.1 Å². The molecule has 1 saturated heterocycles. The summed E-state index contributed by atoms with van der Waals surface area (Å²) in [7, 11) is 0.